The zero-order valence-corrected chi connectivity index (χ0v) is 22.9. The lowest BCUT2D eigenvalue weighted by Crippen LogP contribution is -2.49. The van der Waals surface area contributed by atoms with E-state index in [0.29, 0.717) is 17.9 Å². The fourth-order valence-electron chi connectivity index (χ4n) is 5.63. The largest absolute Gasteiger partial charge is 0.369 e. The van der Waals surface area contributed by atoms with Crippen molar-refractivity contribution in [3.63, 3.8) is 0 Å². The second-order valence-corrected chi connectivity index (χ2v) is 10.6. The number of hydrogen-bond acceptors (Lipinski definition) is 6. The second-order valence-electron chi connectivity index (χ2n) is 10.6. The Labute approximate surface area is 232 Å². The predicted octanol–water partition coefficient (Wildman–Crippen LogP) is 4.54. The highest BCUT2D eigenvalue weighted by Crippen LogP contribution is 2.30. The molecule has 1 aliphatic heterocycles. The maximum atomic E-state index is 13.6. The van der Waals surface area contributed by atoms with Crippen molar-refractivity contribution < 1.29 is 4.39 Å². The van der Waals surface area contributed by atoms with Gasteiger partial charge in [-0.3, -0.25) is 9.69 Å². The molecule has 2 aromatic heterocycles. The van der Waals surface area contributed by atoms with Gasteiger partial charge < -0.3 is 9.88 Å². The van der Waals surface area contributed by atoms with E-state index in [0.717, 1.165) is 48.2 Å². The van der Waals surface area contributed by atoms with Crippen LogP contribution < -0.4 is 10.5 Å². The maximum Gasteiger partial charge on any atom is 0.253 e. The van der Waals surface area contributed by atoms with Crippen molar-refractivity contribution in [2.75, 3.05) is 31.1 Å². The van der Waals surface area contributed by atoms with Gasteiger partial charge in [0, 0.05) is 42.9 Å². The average molecular weight is 538 g/mol. The number of pyridine rings is 1. The number of benzene rings is 3. The summed E-state index contributed by atoms with van der Waals surface area (Å²) in [7, 11) is 0. The van der Waals surface area contributed by atoms with Gasteiger partial charge in [-0.1, -0.05) is 35.9 Å². The van der Waals surface area contributed by atoms with E-state index in [2.05, 4.69) is 68.4 Å². The molecule has 0 amide bonds. The Morgan fingerprint density at radius 1 is 0.950 bits per heavy atom. The monoisotopic (exact) mass is 537 g/mol. The molecule has 8 nitrogen and oxygen atoms in total. The van der Waals surface area contributed by atoms with Crippen molar-refractivity contribution in [3.05, 3.63) is 117 Å². The zero-order chi connectivity index (χ0) is 27.8. The van der Waals surface area contributed by atoms with Crippen LogP contribution >= 0.6 is 0 Å². The predicted molar refractivity (Wildman–Crippen MR) is 154 cm³/mol. The summed E-state index contributed by atoms with van der Waals surface area (Å²) in [6.07, 6.45) is 0. The molecule has 1 atom stereocenters. The number of nitrogens with zero attached hydrogens (tertiary/aromatic N) is 6. The Balaban J connectivity index is 1.39. The summed E-state index contributed by atoms with van der Waals surface area (Å²) in [5.74, 6) is 0.292. The molecular weight excluding hydrogens is 505 g/mol. The Morgan fingerprint density at radius 2 is 1.73 bits per heavy atom. The smallest absolute Gasteiger partial charge is 0.253 e. The van der Waals surface area contributed by atoms with Gasteiger partial charge in [0.15, 0.2) is 5.82 Å². The van der Waals surface area contributed by atoms with Crippen LogP contribution in [0.3, 0.4) is 0 Å². The van der Waals surface area contributed by atoms with Crippen LogP contribution in [-0.2, 0) is 6.54 Å². The van der Waals surface area contributed by atoms with Crippen LogP contribution in [0.1, 0.15) is 39.7 Å². The molecule has 0 aliphatic carbocycles. The minimum atomic E-state index is -0.454. The van der Waals surface area contributed by atoms with Gasteiger partial charge in [-0.2, -0.15) is 0 Å². The fourth-order valence-corrected chi connectivity index (χ4v) is 5.63. The number of H-pyrrole nitrogens is 1. The number of halogens is 1. The molecule has 40 heavy (non-hydrogen) atoms. The molecule has 0 spiro atoms. The highest BCUT2D eigenvalue weighted by molar-refractivity contribution is 5.79. The number of aromatic nitrogens is 5. The standard InChI is InChI=1S/C31H32FN7O/c1-20-7-12-27-24(17-20)18-26(31(40)33-27)29(30-34-35-36-39(30)19-23-8-10-25(32)11-9-23)38-15-13-37(14-16-38)28-6-4-5-21(2)22(28)3/h4-12,17-18,29H,13-16,19H2,1-3H3,(H,33,40). The molecule has 1 aliphatic rings. The normalized spacial score (nSPS) is 15.1. The van der Waals surface area contributed by atoms with Gasteiger partial charge in [-0.15, -0.1) is 5.10 Å². The second kappa shape index (κ2) is 10.7. The van der Waals surface area contributed by atoms with E-state index in [4.69, 9.17) is 0 Å². The number of tetrazole rings is 1. The highest BCUT2D eigenvalue weighted by Gasteiger charge is 2.33. The first kappa shape index (κ1) is 25.9. The van der Waals surface area contributed by atoms with Crippen LogP contribution in [0.2, 0.25) is 0 Å². The SMILES string of the molecule is Cc1ccc2[nH]c(=O)c(C(c3nnnn3Cc3ccc(F)cc3)N3CCN(c4cccc(C)c4C)CC3)cc2c1. The number of hydrogen-bond donors (Lipinski definition) is 1. The van der Waals surface area contributed by atoms with E-state index in [1.54, 1.807) is 16.8 Å². The first-order chi connectivity index (χ1) is 19.4. The third-order valence-corrected chi connectivity index (χ3v) is 7.97. The van der Waals surface area contributed by atoms with Gasteiger partial charge >= 0.3 is 0 Å². The molecule has 1 saturated heterocycles. The molecule has 1 N–H and O–H groups in total. The van der Waals surface area contributed by atoms with Gasteiger partial charge in [0.25, 0.3) is 5.56 Å². The number of anilines is 1. The van der Waals surface area contributed by atoms with Crippen LogP contribution in [-0.4, -0.2) is 56.3 Å². The van der Waals surface area contributed by atoms with Gasteiger partial charge in [-0.05, 0) is 89.7 Å². The molecular formula is C31H32FN7O. The van der Waals surface area contributed by atoms with Crippen LogP contribution in [0.4, 0.5) is 10.1 Å². The van der Waals surface area contributed by atoms with Gasteiger partial charge in [0.2, 0.25) is 0 Å². The summed E-state index contributed by atoms with van der Waals surface area (Å²) >= 11 is 0. The lowest BCUT2D eigenvalue weighted by atomic mass is 10.0. The number of rotatable bonds is 6. The number of nitrogens with one attached hydrogen (secondary N) is 1. The summed E-state index contributed by atoms with van der Waals surface area (Å²) < 4.78 is 15.3. The van der Waals surface area contributed by atoms with Gasteiger partial charge in [0.1, 0.15) is 11.9 Å². The quantitative estimate of drug-likeness (QED) is 0.343. The fraction of sp³-hybridized carbons (Fsp3) is 0.290. The third kappa shape index (κ3) is 5.00. The summed E-state index contributed by atoms with van der Waals surface area (Å²) in [6.45, 7) is 9.79. The summed E-state index contributed by atoms with van der Waals surface area (Å²) in [6, 6.07) is 20.3. The minimum Gasteiger partial charge on any atom is -0.369 e. The van der Waals surface area contributed by atoms with Crippen molar-refractivity contribution in [2.45, 2.75) is 33.4 Å². The average Bonchev–Trinajstić information content (AvgIpc) is 3.40. The van der Waals surface area contributed by atoms with Gasteiger partial charge in [-0.25, -0.2) is 9.07 Å². The third-order valence-electron chi connectivity index (χ3n) is 7.97. The van der Waals surface area contributed by atoms with E-state index in [9.17, 15) is 9.18 Å². The molecule has 1 unspecified atom stereocenters. The molecule has 3 heterocycles. The molecule has 204 valence electrons. The Kier molecular flexibility index (Phi) is 6.89. The number of fused-ring (bicyclic) bond motifs is 1. The van der Waals surface area contributed by atoms with Crippen LogP contribution in [0.5, 0.6) is 0 Å². The van der Waals surface area contributed by atoms with Crippen molar-refractivity contribution in [1.29, 1.82) is 0 Å². The van der Waals surface area contributed by atoms with Crippen molar-refractivity contribution in [2.24, 2.45) is 0 Å². The first-order valence-corrected chi connectivity index (χ1v) is 13.6. The van der Waals surface area contributed by atoms with E-state index >= 15 is 0 Å². The number of aromatic amines is 1. The first-order valence-electron chi connectivity index (χ1n) is 13.6. The van der Waals surface area contributed by atoms with E-state index in [1.807, 2.05) is 25.1 Å². The van der Waals surface area contributed by atoms with Crippen molar-refractivity contribution in [3.8, 4) is 0 Å². The molecule has 0 bridgehead atoms. The van der Waals surface area contributed by atoms with E-state index in [-0.39, 0.29) is 11.4 Å². The highest BCUT2D eigenvalue weighted by atomic mass is 19.1. The molecule has 5 aromatic rings. The van der Waals surface area contributed by atoms with Crippen LogP contribution in [0.15, 0.2) is 71.5 Å². The van der Waals surface area contributed by atoms with E-state index in [1.165, 1.54) is 28.9 Å². The van der Waals surface area contributed by atoms with Crippen molar-refractivity contribution in [1.82, 2.24) is 30.1 Å². The lowest BCUT2D eigenvalue weighted by Gasteiger charge is -2.40. The maximum absolute atomic E-state index is 13.6. The molecule has 1 fully saturated rings. The van der Waals surface area contributed by atoms with Crippen LogP contribution in [0, 0.1) is 26.6 Å². The minimum absolute atomic E-state index is 0.158. The molecule has 0 saturated carbocycles. The molecule has 3 aromatic carbocycles. The van der Waals surface area contributed by atoms with E-state index < -0.39 is 6.04 Å². The number of aryl methyl sites for hydroxylation is 2. The Morgan fingerprint density at radius 3 is 2.50 bits per heavy atom. The van der Waals surface area contributed by atoms with Crippen LogP contribution in [0.25, 0.3) is 10.9 Å². The lowest BCUT2D eigenvalue weighted by molar-refractivity contribution is 0.200. The van der Waals surface area contributed by atoms with Crippen molar-refractivity contribution >= 4 is 16.6 Å². The molecule has 0 radical (unpaired) electrons. The summed E-state index contributed by atoms with van der Waals surface area (Å²) in [4.78, 5) is 21.3. The Bertz CT molecular complexity index is 1720. The van der Waals surface area contributed by atoms with Gasteiger partial charge in [0.05, 0.1) is 6.54 Å². The number of piperazine rings is 1. The zero-order valence-electron chi connectivity index (χ0n) is 22.9. The molecule has 9 heteroatoms. The summed E-state index contributed by atoms with van der Waals surface area (Å²) in [5.41, 5.74) is 7.04. The summed E-state index contributed by atoms with van der Waals surface area (Å²) in [5, 5.41) is 13.7. The topological polar surface area (TPSA) is 82.9 Å². The molecule has 6 rings (SSSR count). The Hall–Kier alpha value is -4.37.